The molecule has 0 unspecified atom stereocenters. The van der Waals surface area contributed by atoms with Crippen LogP contribution < -0.4 is 0 Å². The standard InChI is InChI=1S/C15H10BrF3N4/c16-12-1-2-13(21-7-12)9-23-8-11(6-22-23)10-3-4-20-14(5-10)15(17,18)19/h1-8H,9H2. The van der Waals surface area contributed by atoms with Gasteiger partial charge in [0.2, 0.25) is 0 Å². The van der Waals surface area contributed by atoms with Gasteiger partial charge in [0.1, 0.15) is 5.69 Å². The molecule has 0 aliphatic carbocycles. The average molecular weight is 383 g/mol. The Labute approximate surface area is 138 Å². The van der Waals surface area contributed by atoms with Crippen LogP contribution in [0.5, 0.6) is 0 Å². The molecule has 0 amide bonds. The van der Waals surface area contributed by atoms with E-state index >= 15 is 0 Å². The van der Waals surface area contributed by atoms with Crippen LogP contribution >= 0.6 is 15.9 Å². The van der Waals surface area contributed by atoms with Crippen LogP contribution in [0.15, 0.2) is 53.5 Å². The maximum Gasteiger partial charge on any atom is 0.433 e. The molecule has 0 aliphatic rings. The zero-order chi connectivity index (χ0) is 16.4. The second-order valence-corrected chi connectivity index (χ2v) is 5.74. The van der Waals surface area contributed by atoms with Gasteiger partial charge in [0, 0.05) is 28.6 Å². The Bertz CT molecular complexity index is 812. The first kappa shape index (κ1) is 15.7. The summed E-state index contributed by atoms with van der Waals surface area (Å²) in [5, 5.41) is 4.17. The van der Waals surface area contributed by atoms with Crippen LogP contribution in [-0.2, 0) is 12.7 Å². The summed E-state index contributed by atoms with van der Waals surface area (Å²) >= 11 is 3.31. The minimum Gasteiger partial charge on any atom is -0.266 e. The van der Waals surface area contributed by atoms with Gasteiger partial charge in [-0.25, -0.2) is 0 Å². The van der Waals surface area contributed by atoms with Crippen LogP contribution in [0.3, 0.4) is 0 Å². The number of rotatable bonds is 3. The minimum atomic E-state index is -4.46. The lowest BCUT2D eigenvalue weighted by molar-refractivity contribution is -0.141. The number of aromatic nitrogens is 4. The lowest BCUT2D eigenvalue weighted by Crippen LogP contribution is -2.07. The van der Waals surface area contributed by atoms with E-state index in [1.807, 2.05) is 12.1 Å². The Morgan fingerprint density at radius 2 is 1.87 bits per heavy atom. The second kappa shape index (κ2) is 6.11. The molecule has 0 saturated carbocycles. The van der Waals surface area contributed by atoms with Crippen molar-refractivity contribution in [1.82, 2.24) is 19.7 Å². The Kier molecular flexibility index (Phi) is 4.16. The second-order valence-electron chi connectivity index (χ2n) is 4.82. The Morgan fingerprint density at radius 1 is 1.04 bits per heavy atom. The molecule has 0 saturated heterocycles. The third-order valence-corrected chi connectivity index (χ3v) is 3.60. The minimum absolute atomic E-state index is 0.419. The predicted octanol–water partition coefficient (Wildman–Crippen LogP) is 4.17. The first-order valence-corrected chi connectivity index (χ1v) is 7.37. The summed E-state index contributed by atoms with van der Waals surface area (Å²) in [6.07, 6.45) is 1.56. The molecule has 23 heavy (non-hydrogen) atoms. The molecule has 0 fully saturated rings. The first-order chi connectivity index (χ1) is 10.9. The summed E-state index contributed by atoms with van der Waals surface area (Å²) in [4.78, 5) is 7.59. The summed E-state index contributed by atoms with van der Waals surface area (Å²) in [6, 6.07) is 6.25. The van der Waals surface area contributed by atoms with Gasteiger partial charge in [-0.2, -0.15) is 18.3 Å². The molecule has 4 nitrogen and oxygen atoms in total. The normalized spacial score (nSPS) is 11.7. The number of alkyl halides is 3. The fourth-order valence-electron chi connectivity index (χ4n) is 2.03. The van der Waals surface area contributed by atoms with Crippen molar-refractivity contribution in [2.45, 2.75) is 12.7 Å². The van der Waals surface area contributed by atoms with E-state index in [4.69, 9.17) is 0 Å². The molecule has 0 atom stereocenters. The van der Waals surface area contributed by atoms with E-state index < -0.39 is 11.9 Å². The molecule has 3 aromatic rings. The van der Waals surface area contributed by atoms with Crippen LogP contribution in [0.25, 0.3) is 11.1 Å². The number of hydrogen-bond donors (Lipinski definition) is 0. The highest BCUT2D eigenvalue weighted by molar-refractivity contribution is 9.10. The predicted molar refractivity (Wildman–Crippen MR) is 81.5 cm³/mol. The van der Waals surface area contributed by atoms with Gasteiger partial charge in [-0.1, -0.05) is 0 Å². The molecule has 0 N–H and O–H groups in total. The van der Waals surface area contributed by atoms with Crippen molar-refractivity contribution in [2.24, 2.45) is 0 Å². The van der Waals surface area contributed by atoms with E-state index in [2.05, 4.69) is 31.0 Å². The molecule has 3 heterocycles. The highest BCUT2D eigenvalue weighted by atomic mass is 79.9. The molecular formula is C15H10BrF3N4. The molecule has 118 valence electrons. The Balaban J connectivity index is 1.83. The third-order valence-electron chi connectivity index (χ3n) is 3.13. The topological polar surface area (TPSA) is 43.6 Å². The summed E-state index contributed by atoms with van der Waals surface area (Å²) in [7, 11) is 0. The zero-order valence-electron chi connectivity index (χ0n) is 11.6. The summed E-state index contributed by atoms with van der Waals surface area (Å²) in [5.74, 6) is 0. The van der Waals surface area contributed by atoms with Crippen molar-refractivity contribution >= 4 is 15.9 Å². The first-order valence-electron chi connectivity index (χ1n) is 6.58. The Morgan fingerprint density at radius 3 is 2.57 bits per heavy atom. The SMILES string of the molecule is FC(F)(F)c1cc(-c2cnn(Cc3ccc(Br)cn3)c2)ccn1. The van der Waals surface area contributed by atoms with Gasteiger partial charge < -0.3 is 0 Å². The van der Waals surface area contributed by atoms with Gasteiger partial charge in [-0.3, -0.25) is 14.6 Å². The van der Waals surface area contributed by atoms with Crippen LogP contribution in [0.2, 0.25) is 0 Å². The molecular weight excluding hydrogens is 373 g/mol. The molecule has 0 aromatic carbocycles. The zero-order valence-corrected chi connectivity index (χ0v) is 13.2. The van der Waals surface area contributed by atoms with Crippen LogP contribution in [0.1, 0.15) is 11.4 Å². The van der Waals surface area contributed by atoms with Crippen molar-refractivity contribution in [2.75, 3.05) is 0 Å². The largest absolute Gasteiger partial charge is 0.433 e. The van der Waals surface area contributed by atoms with Crippen molar-refractivity contribution < 1.29 is 13.2 Å². The van der Waals surface area contributed by atoms with E-state index in [-0.39, 0.29) is 0 Å². The Hall–Kier alpha value is -2.22. The maximum absolute atomic E-state index is 12.7. The molecule has 0 radical (unpaired) electrons. The highest BCUT2D eigenvalue weighted by Crippen LogP contribution is 2.30. The molecule has 3 rings (SSSR count). The van der Waals surface area contributed by atoms with E-state index in [0.717, 1.165) is 22.4 Å². The van der Waals surface area contributed by atoms with Crippen LogP contribution in [0, 0.1) is 0 Å². The summed E-state index contributed by atoms with van der Waals surface area (Å²) < 4.78 is 40.6. The summed E-state index contributed by atoms with van der Waals surface area (Å²) in [6.45, 7) is 0.435. The van der Waals surface area contributed by atoms with Gasteiger partial charge in [0.25, 0.3) is 0 Å². The van der Waals surface area contributed by atoms with Gasteiger partial charge in [0.05, 0.1) is 18.4 Å². The maximum atomic E-state index is 12.7. The average Bonchev–Trinajstić information content (AvgIpc) is 2.97. The van der Waals surface area contributed by atoms with Crippen molar-refractivity contribution in [1.29, 1.82) is 0 Å². The van der Waals surface area contributed by atoms with Crippen LogP contribution in [-0.4, -0.2) is 19.7 Å². The van der Waals surface area contributed by atoms with Crippen molar-refractivity contribution in [3.8, 4) is 11.1 Å². The number of halogens is 4. The quantitative estimate of drug-likeness (QED) is 0.682. The van der Waals surface area contributed by atoms with E-state index in [1.54, 1.807) is 17.1 Å². The number of nitrogens with zero attached hydrogens (tertiary/aromatic N) is 4. The molecule has 3 aromatic heterocycles. The van der Waals surface area contributed by atoms with Crippen molar-refractivity contribution in [3.63, 3.8) is 0 Å². The lowest BCUT2D eigenvalue weighted by atomic mass is 10.1. The third kappa shape index (κ3) is 3.76. The van der Waals surface area contributed by atoms with Gasteiger partial charge in [-0.05, 0) is 45.8 Å². The fraction of sp³-hybridized carbons (Fsp3) is 0.133. The molecule has 8 heteroatoms. The molecule has 0 spiro atoms. The smallest absolute Gasteiger partial charge is 0.266 e. The van der Waals surface area contributed by atoms with E-state index in [0.29, 0.717) is 17.7 Å². The van der Waals surface area contributed by atoms with Gasteiger partial charge in [0.15, 0.2) is 0 Å². The number of hydrogen-bond acceptors (Lipinski definition) is 3. The summed E-state index contributed by atoms with van der Waals surface area (Å²) in [5.41, 5.74) is 0.892. The number of pyridine rings is 2. The van der Waals surface area contributed by atoms with Gasteiger partial charge >= 0.3 is 6.18 Å². The van der Waals surface area contributed by atoms with Gasteiger partial charge in [-0.15, -0.1) is 0 Å². The van der Waals surface area contributed by atoms with E-state index in [1.165, 1.54) is 12.3 Å². The lowest BCUT2D eigenvalue weighted by Gasteiger charge is -2.06. The van der Waals surface area contributed by atoms with Crippen molar-refractivity contribution in [3.05, 3.63) is 64.9 Å². The molecule has 0 aliphatic heterocycles. The fourth-order valence-corrected chi connectivity index (χ4v) is 2.26. The van der Waals surface area contributed by atoms with Crippen LogP contribution in [0.4, 0.5) is 13.2 Å². The highest BCUT2D eigenvalue weighted by Gasteiger charge is 2.32. The monoisotopic (exact) mass is 382 g/mol. The van der Waals surface area contributed by atoms with E-state index in [9.17, 15) is 13.2 Å². The molecule has 0 bridgehead atoms.